The largest absolute Gasteiger partial charge is 0.573 e. The molecule has 2 aromatic heterocycles. The third-order valence-corrected chi connectivity index (χ3v) is 4.72. The lowest BCUT2D eigenvalue weighted by atomic mass is 9.72. The normalized spacial score (nSPS) is 15.7. The lowest BCUT2D eigenvalue weighted by molar-refractivity contribution is -0.274. The van der Waals surface area contributed by atoms with Gasteiger partial charge >= 0.3 is 12.8 Å². The third-order valence-electron chi connectivity index (χ3n) is 4.72. The van der Waals surface area contributed by atoms with Crippen LogP contribution in [-0.2, 0) is 5.54 Å². The molecule has 30 heavy (non-hydrogen) atoms. The van der Waals surface area contributed by atoms with E-state index in [1.165, 1.54) is 24.5 Å². The summed E-state index contributed by atoms with van der Waals surface area (Å²) in [5, 5.41) is 9.98. The minimum atomic E-state index is -4.75. The number of benzene rings is 1. The number of rotatable bonds is 6. The van der Waals surface area contributed by atoms with Crippen molar-refractivity contribution < 1.29 is 31.1 Å². The first-order valence-corrected chi connectivity index (χ1v) is 8.83. The number of aromatic nitrogens is 4. The summed E-state index contributed by atoms with van der Waals surface area (Å²) in [7, 11) is 0. The van der Waals surface area contributed by atoms with Gasteiger partial charge in [0.1, 0.15) is 5.75 Å². The van der Waals surface area contributed by atoms with Crippen molar-refractivity contribution in [3.63, 3.8) is 0 Å². The molecule has 1 aromatic carbocycles. The van der Waals surface area contributed by atoms with Gasteiger partial charge in [-0.3, -0.25) is 0 Å². The Bertz CT molecular complexity index is 1000. The fourth-order valence-corrected chi connectivity index (χ4v) is 3.15. The minimum Gasteiger partial charge on any atom is -0.415 e. The van der Waals surface area contributed by atoms with Gasteiger partial charge in [0, 0.05) is 12.4 Å². The summed E-state index contributed by atoms with van der Waals surface area (Å²) in [6.07, 6.45) is -2.53. The van der Waals surface area contributed by atoms with Gasteiger partial charge < -0.3 is 14.5 Å². The van der Waals surface area contributed by atoms with Crippen LogP contribution >= 0.6 is 0 Å². The van der Waals surface area contributed by atoms with Crippen LogP contribution in [-0.4, -0.2) is 26.5 Å². The summed E-state index contributed by atoms with van der Waals surface area (Å²) < 4.78 is 70.9. The molecule has 1 saturated carbocycles. The Kier molecular flexibility index (Phi) is 5.00. The van der Waals surface area contributed by atoms with E-state index >= 15 is 0 Å². The van der Waals surface area contributed by atoms with E-state index in [2.05, 4.69) is 30.2 Å². The predicted octanol–water partition coefficient (Wildman–Crippen LogP) is 4.85. The topological polar surface area (TPSA) is 86.0 Å². The Morgan fingerprint density at radius 1 is 1.03 bits per heavy atom. The molecular weight excluding hydrogens is 413 g/mol. The number of hydrogen-bond donors (Lipinski definition) is 1. The molecule has 0 radical (unpaired) electrons. The van der Waals surface area contributed by atoms with Crippen LogP contribution in [0.25, 0.3) is 11.5 Å². The van der Waals surface area contributed by atoms with Crippen LogP contribution in [0.15, 0.2) is 41.1 Å². The second-order valence-corrected chi connectivity index (χ2v) is 6.67. The fourth-order valence-electron chi connectivity index (χ4n) is 3.15. The molecule has 0 amide bonds. The predicted molar refractivity (Wildman–Crippen MR) is 92.6 cm³/mol. The maximum absolute atomic E-state index is 12.6. The molecule has 7 nitrogen and oxygen atoms in total. The number of halogens is 5. The standard InChI is InChI=1S/C18H14F5N5O2/c19-13(20)15-28-27-14(29-15)10-8-24-16(25-9-10)26-17(6-1-7-17)11-2-4-12(5-3-11)30-18(21,22)23/h2-5,8-9,13H,1,6-7H2,(H,24,25,26). The molecule has 4 rings (SSSR count). The first-order chi connectivity index (χ1) is 14.2. The van der Waals surface area contributed by atoms with Gasteiger partial charge in [-0.15, -0.1) is 23.4 Å². The molecular formula is C18H14F5N5O2. The second-order valence-electron chi connectivity index (χ2n) is 6.67. The average molecular weight is 427 g/mol. The molecule has 3 aromatic rings. The molecule has 0 saturated heterocycles. The van der Waals surface area contributed by atoms with Crippen LogP contribution in [0.2, 0.25) is 0 Å². The first kappa shape index (κ1) is 20.0. The summed E-state index contributed by atoms with van der Waals surface area (Å²) in [4.78, 5) is 8.31. The smallest absolute Gasteiger partial charge is 0.415 e. The summed E-state index contributed by atoms with van der Waals surface area (Å²) in [6, 6.07) is 5.63. The van der Waals surface area contributed by atoms with Crippen molar-refractivity contribution in [2.45, 2.75) is 37.6 Å². The van der Waals surface area contributed by atoms with Crippen LogP contribution < -0.4 is 10.1 Å². The zero-order chi connectivity index (χ0) is 21.4. The maximum atomic E-state index is 12.6. The van der Waals surface area contributed by atoms with Gasteiger partial charge in [0.2, 0.25) is 5.95 Å². The third kappa shape index (κ3) is 4.16. The second kappa shape index (κ2) is 7.50. The fraction of sp³-hybridized carbons (Fsp3) is 0.333. The number of anilines is 1. The van der Waals surface area contributed by atoms with E-state index in [9.17, 15) is 22.0 Å². The van der Waals surface area contributed by atoms with Gasteiger partial charge in [0.25, 0.3) is 11.8 Å². The number of ether oxygens (including phenoxy) is 1. The summed E-state index contributed by atoms with van der Waals surface area (Å²) in [6.45, 7) is 0. The highest BCUT2D eigenvalue weighted by Crippen LogP contribution is 2.44. The number of nitrogens with zero attached hydrogens (tertiary/aromatic N) is 4. The van der Waals surface area contributed by atoms with Gasteiger partial charge in [0.15, 0.2) is 0 Å². The first-order valence-electron chi connectivity index (χ1n) is 8.83. The molecule has 0 aliphatic heterocycles. The molecule has 1 aliphatic rings. The Morgan fingerprint density at radius 3 is 2.20 bits per heavy atom. The molecule has 0 bridgehead atoms. The van der Waals surface area contributed by atoms with Crippen molar-refractivity contribution in [3.8, 4) is 17.2 Å². The van der Waals surface area contributed by atoms with E-state index in [4.69, 9.17) is 4.42 Å². The van der Waals surface area contributed by atoms with E-state index in [0.717, 1.165) is 24.8 Å². The summed E-state index contributed by atoms with van der Waals surface area (Å²) in [5.41, 5.74) is 0.525. The quantitative estimate of drug-likeness (QED) is 0.563. The number of nitrogens with one attached hydrogen (secondary N) is 1. The lowest BCUT2D eigenvalue weighted by Crippen LogP contribution is -2.42. The highest BCUT2D eigenvalue weighted by atomic mass is 19.4. The van der Waals surface area contributed by atoms with Gasteiger partial charge in [-0.1, -0.05) is 12.1 Å². The van der Waals surface area contributed by atoms with Gasteiger partial charge in [0.05, 0.1) is 11.1 Å². The average Bonchev–Trinajstić information content (AvgIpc) is 3.15. The number of alkyl halides is 5. The highest BCUT2D eigenvalue weighted by molar-refractivity contribution is 5.51. The Morgan fingerprint density at radius 2 is 1.70 bits per heavy atom. The zero-order valence-corrected chi connectivity index (χ0v) is 15.2. The molecule has 1 aliphatic carbocycles. The Labute approximate surface area is 166 Å². The Hall–Kier alpha value is -3.31. The zero-order valence-electron chi connectivity index (χ0n) is 15.2. The van der Waals surface area contributed by atoms with Crippen molar-refractivity contribution in [1.82, 2.24) is 20.2 Å². The lowest BCUT2D eigenvalue weighted by Gasteiger charge is -2.43. The van der Waals surface area contributed by atoms with E-state index in [0.29, 0.717) is 0 Å². The molecule has 1 N–H and O–H groups in total. The monoisotopic (exact) mass is 427 g/mol. The molecule has 12 heteroatoms. The van der Waals surface area contributed by atoms with Crippen molar-refractivity contribution >= 4 is 5.95 Å². The van der Waals surface area contributed by atoms with Crippen molar-refractivity contribution in [3.05, 3.63) is 48.1 Å². The maximum Gasteiger partial charge on any atom is 0.573 e. The molecule has 0 unspecified atom stereocenters. The SMILES string of the molecule is FC(F)c1nnc(-c2cnc(NC3(c4ccc(OC(F)(F)F)cc4)CCC3)nc2)o1. The molecule has 2 heterocycles. The van der Waals surface area contributed by atoms with Gasteiger partial charge in [-0.2, -0.15) is 8.78 Å². The van der Waals surface area contributed by atoms with Crippen molar-refractivity contribution in [1.29, 1.82) is 0 Å². The van der Waals surface area contributed by atoms with Gasteiger partial charge in [-0.25, -0.2) is 9.97 Å². The van der Waals surface area contributed by atoms with Crippen molar-refractivity contribution in [2.24, 2.45) is 0 Å². The van der Waals surface area contributed by atoms with Crippen LogP contribution in [0.1, 0.15) is 37.1 Å². The van der Waals surface area contributed by atoms with E-state index in [1.807, 2.05) is 0 Å². The molecule has 1 fully saturated rings. The van der Waals surface area contributed by atoms with Crippen LogP contribution in [0.3, 0.4) is 0 Å². The van der Waals surface area contributed by atoms with Crippen LogP contribution in [0, 0.1) is 0 Å². The Balaban J connectivity index is 1.49. The molecule has 158 valence electrons. The van der Waals surface area contributed by atoms with Crippen molar-refractivity contribution in [2.75, 3.05) is 5.32 Å². The molecule has 0 atom stereocenters. The highest BCUT2D eigenvalue weighted by Gasteiger charge is 2.39. The summed E-state index contributed by atoms with van der Waals surface area (Å²) >= 11 is 0. The van der Waals surface area contributed by atoms with E-state index in [1.54, 1.807) is 12.1 Å². The summed E-state index contributed by atoms with van der Waals surface area (Å²) in [5.74, 6) is -0.958. The van der Waals surface area contributed by atoms with Gasteiger partial charge in [-0.05, 0) is 37.0 Å². The van der Waals surface area contributed by atoms with Crippen LogP contribution in [0.5, 0.6) is 5.75 Å². The molecule has 0 spiro atoms. The van der Waals surface area contributed by atoms with E-state index in [-0.39, 0.29) is 23.2 Å². The minimum absolute atomic E-state index is 0.129. The van der Waals surface area contributed by atoms with Crippen LogP contribution in [0.4, 0.5) is 27.9 Å². The number of hydrogen-bond acceptors (Lipinski definition) is 7. The van der Waals surface area contributed by atoms with E-state index < -0.39 is 24.2 Å².